The lowest BCUT2D eigenvalue weighted by Crippen LogP contribution is -2.00. The molecule has 3 aromatic rings. The molecule has 0 aliphatic rings. The Kier molecular flexibility index (Phi) is 4.16. The van der Waals surface area contributed by atoms with E-state index in [1.54, 1.807) is 42.5 Å². The Morgan fingerprint density at radius 2 is 1.73 bits per heavy atom. The van der Waals surface area contributed by atoms with Crippen LogP contribution < -0.4 is 5.73 Å². The second kappa shape index (κ2) is 6.08. The third kappa shape index (κ3) is 2.99. The number of benzene rings is 2. The van der Waals surface area contributed by atoms with Gasteiger partial charge in [0.05, 0.1) is 5.69 Å². The molecule has 0 saturated carbocycles. The van der Waals surface area contributed by atoms with Crippen LogP contribution in [0, 0.1) is 0 Å². The number of hydrogen-bond donors (Lipinski definition) is 1. The van der Waals surface area contributed by atoms with Crippen LogP contribution in [0.1, 0.15) is 15.2 Å². The molecule has 0 radical (unpaired) electrons. The van der Waals surface area contributed by atoms with Gasteiger partial charge in [0.1, 0.15) is 4.88 Å². The number of ketones is 1. The molecule has 2 N–H and O–H groups in total. The summed E-state index contributed by atoms with van der Waals surface area (Å²) in [4.78, 5) is 17.5. The number of thiazole rings is 1. The van der Waals surface area contributed by atoms with Crippen molar-refractivity contribution in [3.05, 3.63) is 69.0 Å². The highest BCUT2D eigenvalue weighted by molar-refractivity contribution is 7.18. The van der Waals surface area contributed by atoms with Gasteiger partial charge in [-0.3, -0.25) is 4.79 Å². The third-order valence-corrected chi connectivity index (χ3v) is 4.39. The van der Waals surface area contributed by atoms with E-state index in [0.29, 0.717) is 31.3 Å². The molecular weight excluding hydrogens is 339 g/mol. The van der Waals surface area contributed by atoms with E-state index in [2.05, 4.69) is 4.98 Å². The lowest BCUT2D eigenvalue weighted by molar-refractivity contribution is 0.104. The normalized spacial score (nSPS) is 10.6. The molecule has 0 spiro atoms. The predicted molar refractivity (Wildman–Crippen MR) is 91.9 cm³/mol. The first-order chi connectivity index (χ1) is 10.5. The second-order valence-corrected chi connectivity index (χ2v) is 6.48. The molecule has 0 aliphatic carbocycles. The van der Waals surface area contributed by atoms with Crippen molar-refractivity contribution < 1.29 is 4.79 Å². The van der Waals surface area contributed by atoms with E-state index < -0.39 is 0 Å². The number of halogens is 2. The Balaban J connectivity index is 2.10. The first kappa shape index (κ1) is 15.0. The van der Waals surface area contributed by atoms with E-state index in [1.165, 1.54) is 0 Å². The van der Waals surface area contributed by atoms with Crippen molar-refractivity contribution in [3.8, 4) is 11.3 Å². The molecule has 6 heteroatoms. The van der Waals surface area contributed by atoms with E-state index in [4.69, 9.17) is 28.9 Å². The van der Waals surface area contributed by atoms with Gasteiger partial charge < -0.3 is 5.73 Å². The standard InChI is InChI=1S/C16H10Cl2N2OS/c17-11-5-1-3-9(7-11)13-15(22-16(19)20-13)14(21)10-4-2-6-12(18)8-10/h1-8H,(H2,19,20). The summed E-state index contributed by atoms with van der Waals surface area (Å²) in [6.45, 7) is 0. The van der Waals surface area contributed by atoms with E-state index in [1.807, 2.05) is 6.07 Å². The highest BCUT2D eigenvalue weighted by atomic mass is 35.5. The molecule has 3 rings (SSSR count). The van der Waals surface area contributed by atoms with Crippen LogP contribution >= 0.6 is 34.5 Å². The van der Waals surface area contributed by atoms with E-state index in [0.717, 1.165) is 16.9 Å². The minimum absolute atomic E-state index is 0.160. The van der Waals surface area contributed by atoms with Crippen LogP contribution in [-0.2, 0) is 0 Å². The quantitative estimate of drug-likeness (QED) is 0.682. The number of nitrogen functional groups attached to an aromatic ring is 1. The highest BCUT2D eigenvalue weighted by Gasteiger charge is 2.20. The number of nitrogens with zero attached hydrogens (tertiary/aromatic N) is 1. The lowest BCUT2D eigenvalue weighted by atomic mass is 10.1. The van der Waals surface area contributed by atoms with Crippen LogP contribution in [0.3, 0.4) is 0 Å². The summed E-state index contributed by atoms with van der Waals surface area (Å²) in [5.41, 5.74) is 7.59. The maximum Gasteiger partial charge on any atom is 0.205 e. The van der Waals surface area contributed by atoms with Crippen LogP contribution in [0.15, 0.2) is 48.5 Å². The molecule has 0 atom stereocenters. The van der Waals surface area contributed by atoms with Crippen LogP contribution in [0.4, 0.5) is 5.13 Å². The topological polar surface area (TPSA) is 56.0 Å². The van der Waals surface area contributed by atoms with Crippen LogP contribution in [0.25, 0.3) is 11.3 Å². The Hall–Kier alpha value is -1.88. The van der Waals surface area contributed by atoms with Crippen LogP contribution in [0.2, 0.25) is 10.0 Å². The zero-order valence-corrected chi connectivity index (χ0v) is 13.5. The Morgan fingerprint density at radius 3 is 2.41 bits per heavy atom. The number of nitrogens with two attached hydrogens (primary N) is 1. The zero-order chi connectivity index (χ0) is 15.7. The van der Waals surface area contributed by atoms with E-state index >= 15 is 0 Å². The Labute approximate surface area is 141 Å². The average molecular weight is 349 g/mol. The molecule has 0 bridgehead atoms. The number of carbonyl (C=O) groups excluding carboxylic acids is 1. The lowest BCUT2D eigenvalue weighted by Gasteiger charge is -2.03. The predicted octanol–water partition coefficient (Wildman–Crippen LogP) is 4.93. The number of aromatic nitrogens is 1. The maximum atomic E-state index is 12.7. The summed E-state index contributed by atoms with van der Waals surface area (Å²) in [5, 5.41) is 1.42. The van der Waals surface area contributed by atoms with Crippen molar-refractivity contribution in [2.24, 2.45) is 0 Å². The monoisotopic (exact) mass is 348 g/mol. The van der Waals surface area contributed by atoms with E-state index in [-0.39, 0.29) is 5.78 Å². The second-order valence-electron chi connectivity index (χ2n) is 4.58. The number of anilines is 1. The summed E-state index contributed by atoms with van der Waals surface area (Å²) < 4.78 is 0. The zero-order valence-electron chi connectivity index (χ0n) is 11.2. The first-order valence-electron chi connectivity index (χ1n) is 6.37. The molecule has 110 valence electrons. The molecule has 2 aromatic carbocycles. The summed E-state index contributed by atoms with van der Waals surface area (Å²) in [5.74, 6) is -0.160. The third-order valence-electron chi connectivity index (χ3n) is 3.03. The molecular formula is C16H10Cl2N2OS. The van der Waals surface area contributed by atoms with Gasteiger partial charge in [-0.05, 0) is 24.3 Å². The molecule has 0 saturated heterocycles. The Bertz CT molecular complexity index is 861. The van der Waals surface area contributed by atoms with Gasteiger partial charge in [-0.25, -0.2) is 4.98 Å². The van der Waals surface area contributed by atoms with Gasteiger partial charge in [0.2, 0.25) is 5.78 Å². The minimum Gasteiger partial charge on any atom is -0.375 e. The van der Waals surface area contributed by atoms with Crippen molar-refractivity contribution in [2.45, 2.75) is 0 Å². The fourth-order valence-electron chi connectivity index (χ4n) is 2.08. The van der Waals surface area contributed by atoms with Gasteiger partial charge in [0, 0.05) is 21.2 Å². The molecule has 0 aliphatic heterocycles. The average Bonchev–Trinajstić information content (AvgIpc) is 2.88. The van der Waals surface area contributed by atoms with E-state index in [9.17, 15) is 4.79 Å². The van der Waals surface area contributed by atoms with Gasteiger partial charge in [-0.2, -0.15) is 0 Å². The van der Waals surface area contributed by atoms with Gasteiger partial charge in [0.15, 0.2) is 5.13 Å². The molecule has 22 heavy (non-hydrogen) atoms. The van der Waals surface area contributed by atoms with Gasteiger partial charge in [0.25, 0.3) is 0 Å². The SMILES string of the molecule is Nc1nc(-c2cccc(Cl)c2)c(C(=O)c2cccc(Cl)c2)s1. The van der Waals surface area contributed by atoms with Crippen molar-refractivity contribution in [1.82, 2.24) is 4.98 Å². The summed E-state index contributed by atoms with van der Waals surface area (Å²) in [7, 11) is 0. The first-order valence-corrected chi connectivity index (χ1v) is 7.94. The molecule has 1 aromatic heterocycles. The smallest absolute Gasteiger partial charge is 0.205 e. The Morgan fingerprint density at radius 1 is 1.05 bits per heavy atom. The largest absolute Gasteiger partial charge is 0.375 e. The van der Waals surface area contributed by atoms with Gasteiger partial charge in [-0.15, -0.1) is 0 Å². The van der Waals surface area contributed by atoms with Gasteiger partial charge in [-0.1, -0.05) is 58.8 Å². The van der Waals surface area contributed by atoms with Crippen molar-refractivity contribution in [2.75, 3.05) is 5.73 Å². The summed E-state index contributed by atoms with van der Waals surface area (Å²) >= 11 is 13.1. The number of carbonyl (C=O) groups is 1. The molecule has 1 heterocycles. The van der Waals surface area contributed by atoms with Crippen LogP contribution in [-0.4, -0.2) is 10.8 Å². The van der Waals surface area contributed by atoms with Crippen molar-refractivity contribution in [3.63, 3.8) is 0 Å². The maximum absolute atomic E-state index is 12.7. The molecule has 0 fully saturated rings. The molecule has 0 amide bonds. The van der Waals surface area contributed by atoms with Crippen molar-refractivity contribution in [1.29, 1.82) is 0 Å². The summed E-state index contributed by atoms with van der Waals surface area (Å²) in [6.07, 6.45) is 0. The highest BCUT2D eigenvalue weighted by Crippen LogP contribution is 2.33. The molecule has 0 unspecified atom stereocenters. The van der Waals surface area contributed by atoms with Crippen LogP contribution in [0.5, 0.6) is 0 Å². The fraction of sp³-hybridized carbons (Fsp3) is 0. The number of hydrogen-bond acceptors (Lipinski definition) is 4. The minimum atomic E-state index is -0.160. The fourth-order valence-corrected chi connectivity index (χ4v) is 3.28. The summed E-state index contributed by atoms with van der Waals surface area (Å²) in [6, 6.07) is 14.0. The van der Waals surface area contributed by atoms with Crippen molar-refractivity contribution >= 4 is 45.5 Å². The number of rotatable bonds is 3. The van der Waals surface area contributed by atoms with Gasteiger partial charge >= 0.3 is 0 Å². The molecule has 3 nitrogen and oxygen atoms in total.